The number of rotatable bonds is 17. The fraction of sp³-hybridized carbons (Fsp3) is 0.568. The van der Waals surface area contributed by atoms with Crippen molar-refractivity contribution >= 4 is 170 Å². The summed E-state index contributed by atoms with van der Waals surface area (Å²) in [5.74, 6) is 5.73. The number of alkyl halides is 6. The van der Waals surface area contributed by atoms with Crippen LogP contribution < -0.4 is 225 Å². The van der Waals surface area contributed by atoms with Gasteiger partial charge in [0, 0.05) is 162 Å². The van der Waals surface area contributed by atoms with E-state index in [-0.39, 0.29) is 205 Å². The Hall–Kier alpha value is -4.11. The van der Waals surface area contributed by atoms with Gasteiger partial charge in [-0.1, -0.05) is 58.0 Å². The van der Waals surface area contributed by atoms with Crippen LogP contribution in [0.5, 0.6) is 17.2 Å². The van der Waals surface area contributed by atoms with Crippen LogP contribution in [0.1, 0.15) is 113 Å². The maximum atomic E-state index is 12.8. The topological polar surface area (TPSA) is 370 Å². The van der Waals surface area contributed by atoms with Gasteiger partial charge in [0.2, 0.25) is 0 Å². The third kappa shape index (κ3) is 26.9. The van der Waals surface area contributed by atoms with Crippen molar-refractivity contribution in [3.8, 4) is 39.8 Å². The molecule has 19 saturated heterocycles. The third-order valence-electron chi connectivity index (χ3n) is 30.1. The normalized spacial score (nSPS) is 28.4. The fourth-order valence-corrected chi connectivity index (χ4v) is 24.2. The van der Waals surface area contributed by atoms with E-state index in [0.29, 0.717) is 120 Å². The molecule has 8 N–H and O–H groups in total. The molecule has 0 amide bonds. The molecule has 31 rings (SSSR count). The Bertz CT molecular complexity index is 5510. The van der Waals surface area contributed by atoms with Crippen molar-refractivity contribution in [2.24, 2.45) is 23.7 Å². The van der Waals surface area contributed by atoms with Gasteiger partial charge < -0.3 is 121 Å². The molecule has 144 heavy (non-hydrogen) atoms. The molecule has 8 aromatic heterocycles. The van der Waals surface area contributed by atoms with Gasteiger partial charge >= 0.3 is 165 Å². The number of nitrogens with zero attached hydrogens (tertiary/aromatic N) is 15. The number of carbonyl (C=O) groups is 1. The van der Waals surface area contributed by atoms with E-state index in [1.54, 1.807) is 24.5 Å². The van der Waals surface area contributed by atoms with Crippen molar-refractivity contribution in [2.75, 3.05) is 143 Å². The van der Waals surface area contributed by atoms with Gasteiger partial charge in [-0.2, -0.15) is 26.3 Å². The number of aromatic nitrogens is 8. The first-order valence-electron chi connectivity index (χ1n) is 47.8. The first kappa shape index (κ1) is 112. The van der Waals surface area contributed by atoms with E-state index in [1.807, 2.05) is 58.0 Å². The average Bonchev–Trinajstić information content (AvgIpc) is 1.62. The van der Waals surface area contributed by atoms with Gasteiger partial charge in [-0.25, -0.2) is 39.9 Å². The zero-order valence-corrected chi connectivity index (χ0v) is 99.6. The van der Waals surface area contributed by atoms with E-state index in [4.69, 9.17) is 128 Å². The second-order valence-electron chi connectivity index (χ2n) is 40.0. The molecule has 23 fully saturated rings. The molecule has 19 aliphatic heterocycles. The first-order chi connectivity index (χ1) is 67.7. The SMILES string of the molecule is C1NC2CC1C2.C1O[C@@H]2CN[C@H]1C2.CC1(C)OB(c2cnc(N)c(OC(F)F)c2)OC1(C)C.Cl.Clc1cc(I)cc(Cl)n1.Clc1cc(N2C[C@@H]3C[C@H]2CO3)cc(Cl)n1.Clc1cc(N2C[C@@H]3C[C@H]2CO3)cc(N2CC3CC2C3)n1.Nc1ncc(-c2cc(N3C[C@@H]4C[C@H]3CO4)cc(N3CC4CC3C4)n2)cc1OC(F)F.Nc1ncc(-c2cc(N3C[C@@H]4C[C@H]3CO4)cc(N3CC4CC3C4)n2)cc1OC(F)F.O=CO[O-].[Cs+].[Cs+].[H-]. The van der Waals surface area contributed by atoms with Crippen molar-refractivity contribution in [1.82, 2.24) is 50.5 Å². The molecule has 768 valence electrons. The monoisotopic (exact) mass is 2470 g/mol. The summed E-state index contributed by atoms with van der Waals surface area (Å²) in [7, 11) is -0.701. The van der Waals surface area contributed by atoms with E-state index in [2.05, 4.69) is 135 Å². The fourth-order valence-electron chi connectivity index (χ4n) is 22.1. The minimum absolute atomic E-state index is 0. The van der Waals surface area contributed by atoms with Gasteiger partial charge in [0.25, 0.3) is 6.47 Å². The van der Waals surface area contributed by atoms with Crippen LogP contribution in [-0.2, 0) is 42.7 Å². The summed E-state index contributed by atoms with van der Waals surface area (Å²) in [6.07, 6.45) is 22.6. The summed E-state index contributed by atoms with van der Waals surface area (Å²) in [6.45, 7) is 11.9. The van der Waals surface area contributed by atoms with Crippen LogP contribution in [0.25, 0.3) is 22.5 Å². The van der Waals surface area contributed by atoms with Gasteiger partial charge in [0.05, 0.1) is 110 Å². The molecule has 4 saturated carbocycles. The number of morpholine rings is 5. The van der Waals surface area contributed by atoms with Gasteiger partial charge in [-0.3, -0.25) is 4.79 Å². The van der Waals surface area contributed by atoms with E-state index < -0.39 is 38.2 Å². The van der Waals surface area contributed by atoms with Crippen LogP contribution >= 0.6 is 93.0 Å². The summed E-state index contributed by atoms with van der Waals surface area (Å²) >= 11 is 31.3. The van der Waals surface area contributed by atoms with Gasteiger partial charge in [0.15, 0.2) is 34.7 Å². The summed E-state index contributed by atoms with van der Waals surface area (Å²) in [4.78, 5) is 62.0. The molecule has 10 atom stereocenters. The summed E-state index contributed by atoms with van der Waals surface area (Å²) in [5.41, 5.74) is 23.4. The van der Waals surface area contributed by atoms with Crippen LogP contribution in [0.15, 0.2) is 97.5 Å². The first-order valence-corrected chi connectivity index (χ1v) is 50.8. The Morgan fingerprint density at radius 3 is 1.04 bits per heavy atom. The number of carbonyl (C=O) groups excluding carboxylic acids is 1. The molecule has 33 nitrogen and oxygen atoms in total. The van der Waals surface area contributed by atoms with E-state index in [1.165, 1.54) is 94.4 Å². The molecule has 18 bridgehead atoms. The number of nitrogen functional groups attached to an aromatic ring is 3. The molecule has 0 spiro atoms. The van der Waals surface area contributed by atoms with Crippen LogP contribution in [0, 0.1) is 27.2 Å². The second kappa shape index (κ2) is 49.1. The van der Waals surface area contributed by atoms with Crippen LogP contribution in [0.2, 0.25) is 25.8 Å². The molecular weight excluding hydrogens is 2360 g/mol. The summed E-state index contributed by atoms with van der Waals surface area (Å²) in [5, 5.41) is 17.5. The summed E-state index contributed by atoms with van der Waals surface area (Å²) in [6, 6.07) is 29.3. The number of ether oxygens (including phenoxy) is 8. The minimum atomic E-state index is -2.97. The van der Waals surface area contributed by atoms with Crippen molar-refractivity contribution in [2.45, 2.75) is 227 Å². The molecule has 23 aliphatic rings. The Balaban J connectivity index is 0.000000129. The number of halogens is 13. The molecular formula is C95H114BCl6Cs2F6IN20O13. The summed E-state index contributed by atoms with van der Waals surface area (Å²) < 4.78 is 130. The predicted molar refractivity (Wildman–Crippen MR) is 538 cm³/mol. The zero-order chi connectivity index (χ0) is 98.6. The number of nitrogens with two attached hydrogens (primary N) is 3. The van der Waals surface area contributed by atoms with Gasteiger partial charge in [-0.15, -0.1) is 12.4 Å². The van der Waals surface area contributed by atoms with E-state index in [0.717, 1.165) is 179 Å². The average molecular weight is 2470 g/mol. The molecule has 8 aromatic rings. The number of nitrogens with one attached hydrogen (secondary N) is 2. The van der Waals surface area contributed by atoms with E-state index in [9.17, 15) is 26.3 Å². The molecule has 49 heteroatoms. The second-order valence-corrected chi connectivity index (χ2v) is 43.2. The van der Waals surface area contributed by atoms with Crippen LogP contribution in [-0.4, -0.2) is 261 Å². The minimum Gasteiger partial charge on any atom is -1.00 e. The quantitative estimate of drug-likeness (QED) is 0.0109. The van der Waals surface area contributed by atoms with Crippen molar-refractivity contribution in [3.63, 3.8) is 0 Å². The Labute approximate surface area is 995 Å². The van der Waals surface area contributed by atoms with Crippen molar-refractivity contribution in [3.05, 3.63) is 127 Å². The molecule has 27 heterocycles. The Kier molecular flexibility index (Phi) is 38.4. The molecule has 0 radical (unpaired) electrons. The Morgan fingerprint density at radius 1 is 0.424 bits per heavy atom. The molecule has 0 unspecified atom stereocenters. The third-order valence-corrected chi connectivity index (χ3v) is 31.7. The van der Waals surface area contributed by atoms with E-state index >= 15 is 0 Å². The predicted octanol–water partition coefficient (Wildman–Crippen LogP) is 8.13. The number of hydrogen-bond donors (Lipinski definition) is 5. The molecule has 4 aliphatic carbocycles. The van der Waals surface area contributed by atoms with Crippen molar-refractivity contribution < 1.29 is 228 Å². The largest absolute Gasteiger partial charge is 1.00 e. The zero-order valence-electron chi connectivity index (χ0n) is 81.3. The Morgan fingerprint density at radius 2 is 0.764 bits per heavy atom. The maximum Gasteiger partial charge on any atom is 1.00 e. The number of anilines is 10. The van der Waals surface area contributed by atoms with Crippen molar-refractivity contribution in [1.29, 1.82) is 0 Å². The molecule has 0 aromatic carbocycles. The smallest absolute Gasteiger partial charge is 1.00 e. The maximum absolute atomic E-state index is 12.8. The number of fused-ring (bicyclic) bond motifs is 14. The standard InChI is InChI=1S/2C21H23F2N5O2.C15H18ClN3O.C12H17BF2N2O3.C10H10Cl2N2O.C5H2Cl2IN.C5H9NO.C5H9N.CH2O3.ClH.2Cs.H/c2*22-21(23)30-18-3-12(7-25-20(18)24)17-5-14(27-9-16-4-15(27)10-29-16)6-19(26-17)28-8-11-1-13(28)2-11;16-14-4-11(18-7-13-3-12(18)8-20-13)5-15(17-14)19-6-9-1-10(19)2-9;1-11(2)12(3,4)20-13(19-11)7-5-8(18-10(14)15)9(16)17-6-7;11-9-2-6(3-10(12)13-9)14-4-8-1-7(14)5-15-8;6-4-1-3(8)2-5(7)9-4;1-4-3-7-5(1)2-6-4;1-4-2-5(1)6-3-4;2-1-4-3;;;;/h2*3,5-7,11,13,15-16,21H,1-2,4,8-10H2,(H2,24,25);4-5,9-10,12-13H,1-3,6-8H2;5-6,10H,1-4H3,(H2,16,17);2-3,7-8H,1,4-5H2;1-2H;4-6H,1-3H2;4-6H,1-3H2;1,3H;1H;;;/q;;;;;;;;;;2*+1;-1/p-1/t2*11?,13?,15-,16-;9?,10?,12-,13-;;7-,8-;;4-,5-;;;;;;/m000.0.0....../s1. The van der Waals surface area contributed by atoms with Gasteiger partial charge in [-0.05, 0) is 225 Å². The number of pyridine rings is 8. The van der Waals surface area contributed by atoms with Crippen LogP contribution in [0.3, 0.4) is 0 Å². The van der Waals surface area contributed by atoms with Crippen LogP contribution in [0.4, 0.5) is 84.0 Å². The number of hydrogen-bond acceptors (Lipinski definition) is 33. The van der Waals surface area contributed by atoms with Gasteiger partial charge in [0.1, 0.15) is 43.2 Å².